The lowest BCUT2D eigenvalue weighted by atomic mass is 9.82. The Morgan fingerprint density at radius 2 is 1.79 bits per heavy atom. The van der Waals surface area contributed by atoms with Crippen molar-refractivity contribution in [1.82, 2.24) is 4.98 Å². The van der Waals surface area contributed by atoms with Gasteiger partial charge in [0.25, 0.3) is 0 Å². The van der Waals surface area contributed by atoms with E-state index < -0.39 is 0 Å². The van der Waals surface area contributed by atoms with E-state index in [1.54, 1.807) is 6.33 Å². The van der Waals surface area contributed by atoms with Crippen LogP contribution in [0.2, 0.25) is 0 Å². The van der Waals surface area contributed by atoms with E-state index >= 15 is 0 Å². The summed E-state index contributed by atoms with van der Waals surface area (Å²) in [5.74, 6) is 1.93. The molecule has 0 aliphatic carbocycles. The molecule has 29 heavy (non-hydrogen) atoms. The minimum absolute atomic E-state index is 0.0753. The minimum atomic E-state index is -0.0753. The number of rotatable bonds is 4. The first-order valence-electron chi connectivity index (χ1n) is 9.81. The molecule has 0 amide bonds. The van der Waals surface area contributed by atoms with Crippen molar-refractivity contribution >= 4 is 16.6 Å². The fourth-order valence-corrected chi connectivity index (χ4v) is 4.14. The molecule has 0 bridgehead atoms. The van der Waals surface area contributed by atoms with Crippen LogP contribution < -0.4 is 15.0 Å². The Morgan fingerprint density at radius 3 is 2.62 bits per heavy atom. The number of hydrogen-bond donors (Lipinski definition) is 2. The van der Waals surface area contributed by atoms with Gasteiger partial charge in [0.2, 0.25) is 12.1 Å². The molecule has 5 nitrogen and oxygen atoms in total. The second kappa shape index (κ2) is 7.18. The van der Waals surface area contributed by atoms with Crippen LogP contribution >= 0.6 is 0 Å². The largest absolute Gasteiger partial charge is 0.425 e. The number of ether oxygens (including phenoxy) is 1. The maximum Gasteiger partial charge on any atom is 0.306 e. The molecule has 2 heterocycles. The van der Waals surface area contributed by atoms with Crippen LogP contribution in [0, 0.1) is 0 Å². The zero-order valence-electron chi connectivity index (χ0n) is 16.0. The van der Waals surface area contributed by atoms with Gasteiger partial charge in [0.1, 0.15) is 11.3 Å². The number of aromatic nitrogens is 2. The van der Waals surface area contributed by atoms with Gasteiger partial charge in [-0.2, -0.15) is 0 Å². The number of nitrogen functional groups attached to an aromatic ring is 1. The maximum atomic E-state index is 9.22. The van der Waals surface area contributed by atoms with Crippen LogP contribution in [0.5, 0.6) is 11.6 Å². The smallest absolute Gasteiger partial charge is 0.306 e. The second-order valence-electron chi connectivity index (χ2n) is 7.27. The third kappa shape index (κ3) is 2.91. The highest BCUT2D eigenvalue weighted by atomic mass is 16.5. The Hall–Kier alpha value is -3.44. The number of benzene rings is 3. The average molecular weight is 384 g/mol. The van der Waals surface area contributed by atoms with E-state index in [4.69, 9.17) is 10.5 Å². The zero-order valence-corrected chi connectivity index (χ0v) is 16.0. The molecule has 5 rings (SSSR count). The molecule has 5 heteroatoms. The fraction of sp³-hybridized carbons (Fsp3) is 0.167. The van der Waals surface area contributed by atoms with Gasteiger partial charge in [0.15, 0.2) is 0 Å². The molecule has 0 unspecified atom stereocenters. The molecule has 0 saturated heterocycles. The molecule has 0 fully saturated rings. The molecule has 1 aromatic heterocycles. The SMILES string of the molecule is Nc1c2c(nc[n+]1CCCO)Oc1c(ccc3ccccc13)[C@@H]2c1ccccc1. The highest BCUT2D eigenvalue weighted by Crippen LogP contribution is 2.50. The van der Waals surface area contributed by atoms with Gasteiger partial charge in [-0.25, -0.2) is 4.57 Å². The molecule has 0 saturated carbocycles. The van der Waals surface area contributed by atoms with Gasteiger partial charge >= 0.3 is 5.88 Å². The fourth-order valence-electron chi connectivity index (χ4n) is 4.14. The van der Waals surface area contributed by atoms with Gasteiger partial charge in [0, 0.05) is 24.0 Å². The average Bonchev–Trinajstić information content (AvgIpc) is 2.78. The number of aliphatic hydroxyl groups is 1. The van der Waals surface area contributed by atoms with Crippen LogP contribution in [-0.4, -0.2) is 16.7 Å². The molecular weight excluding hydrogens is 362 g/mol. The van der Waals surface area contributed by atoms with Crippen LogP contribution in [0.1, 0.15) is 29.0 Å². The van der Waals surface area contributed by atoms with E-state index in [-0.39, 0.29) is 12.5 Å². The van der Waals surface area contributed by atoms with Crippen LogP contribution in [0.3, 0.4) is 0 Å². The summed E-state index contributed by atoms with van der Waals surface area (Å²) in [5.41, 5.74) is 9.70. The summed E-state index contributed by atoms with van der Waals surface area (Å²) in [6, 6.07) is 22.8. The second-order valence-corrected chi connectivity index (χ2v) is 7.27. The third-order valence-corrected chi connectivity index (χ3v) is 5.53. The third-order valence-electron chi connectivity index (χ3n) is 5.53. The van der Waals surface area contributed by atoms with E-state index in [1.807, 2.05) is 34.9 Å². The quantitative estimate of drug-likeness (QED) is 0.463. The summed E-state index contributed by atoms with van der Waals surface area (Å²) in [4.78, 5) is 4.59. The lowest BCUT2D eigenvalue weighted by Gasteiger charge is -2.28. The van der Waals surface area contributed by atoms with Crippen molar-refractivity contribution in [3.63, 3.8) is 0 Å². The highest BCUT2D eigenvalue weighted by Gasteiger charge is 2.36. The maximum absolute atomic E-state index is 9.22. The van der Waals surface area contributed by atoms with E-state index in [9.17, 15) is 5.11 Å². The minimum Gasteiger partial charge on any atom is -0.425 e. The number of nitrogens with two attached hydrogens (primary N) is 1. The Balaban J connectivity index is 1.77. The summed E-state index contributed by atoms with van der Waals surface area (Å²) < 4.78 is 8.22. The van der Waals surface area contributed by atoms with Crippen LogP contribution in [0.4, 0.5) is 5.82 Å². The molecule has 3 N–H and O–H groups in total. The van der Waals surface area contributed by atoms with Gasteiger partial charge in [-0.15, -0.1) is 0 Å². The molecular formula is C24H22N3O2+. The highest BCUT2D eigenvalue weighted by molar-refractivity contribution is 5.91. The Bertz CT molecular complexity index is 1190. The van der Waals surface area contributed by atoms with Gasteiger partial charge in [-0.3, -0.25) is 0 Å². The van der Waals surface area contributed by atoms with Crippen LogP contribution in [0.25, 0.3) is 10.8 Å². The molecule has 1 aliphatic heterocycles. The monoisotopic (exact) mass is 384 g/mol. The molecule has 0 spiro atoms. The predicted molar refractivity (Wildman–Crippen MR) is 112 cm³/mol. The van der Waals surface area contributed by atoms with E-state index in [1.165, 1.54) is 0 Å². The summed E-state index contributed by atoms with van der Waals surface area (Å²) in [7, 11) is 0. The molecule has 4 aromatic rings. The number of anilines is 1. The zero-order chi connectivity index (χ0) is 19.8. The van der Waals surface area contributed by atoms with Crippen molar-refractivity contribution in [2.75, 3.05) is 12.3 Å². The van der Waals surface area contributed by atoms with E-state index in [0.29, 0.717) is 24.7 Å². The Labute approximate surface area is 169 Å². The van der Waals surface area contributed by atoms with Gasteiger partial charge in [-0.05, 0) is 10.9 Å². The summed E-state index contributed by atoms with van der Waals surface area (Å²) in [6.07, 6.45) is 2.31. The van der Waals surface area contributed by atoms with Crippen molar-refractivity contribution in [3.8, 4) is 11.6 Å². The van der Waals surface area contributed by atoms with E-state index in [2.05, 4.69) is 41.4 Å². The lowest BCUT2D eigenvalue weighted by Crippen LogP contribution is -2.40. The molecule has 0 radical (unpaired) electrons. The van der Waals surface area contributed by atoms with Gasteiger partial charge in [-0.1, -0.05) is 71.7 Å². The number of hydrogen-bond acceptors (Lipinski definition) is 4. The molecule has 3 aromatic carbocycles. The molecule has 1 aliphatic rings. The molecule has 1 atom stereocenters. The number of fused-ring (bicyclic) bond motifs is 4. The van der Waals surface area contributed by atoms with Gasteiger partial charge < -0.3 is 15.6 Å². The number of aryl methyl sites for hydroxylation is 1. The summed E-state index contributed by atoms with van der Waals surface area (Å²) in [5, 5.41) is 11.4. The van der Waals surface area contributed by atoms with E-state index in [0.717, 1.165) is 33.2 Å². The summed E-state index contributed by atoms with van der Waals surface area (Å²) in [6.45, 7) is 0.714. The van der Waals surface area contributed by atoms with Crippen molar-refractivity contribution in [2.24, 2.45) is 0 Å². The van der Waals surface area contributed by atoms with Crippen molar-refractivity contribution in [2.45, 2.75) is 18.9 Å². The number of nitrogens with zero attached hydrogens (tertiary/aromatic N) is 2. The van der Waals surface area contributed by atoms with Crippen molar-refractivity contribution in [3.05, 3.63) is 89.7 Å². The first-order valence-corrected chi connectivity index (χ1v) is 9.81. The van der Waals surface area contributed by atoms with Crippen molar-refractivity contribution < 1.29 is 14.4 Å². The van der Waals surface area contributed by atoms with Crippen molar-refractivity contribution in [1.29, 1.82) is 0 Å². The Kier molecular flexibility index (Phi) is 4.37. The Morgan fingerprint density at radius 1 is 1.00 bits per heavy atom. The van der Waals surface area contributed by atoms with Crippen LogP contribution in [-0.2, 0) is 6.54 Å². The number of aliphatic hydroxyl groups excluding tert-OH is 1. The first kappa shape index (κ1) is 17.6. The topological polar surface area (TPSA) is 72.2 Å². The summed E-state index contributed by atoms with van der Waals surface area (Å²) >= 11 is 0. The standard InChI is InChI=1S/C24H21N3O2/c25-23-21-20(17-8-2-1-3-9-17)19-12-11-16-7-4-5-10-18(16)22(19)29-24(21)26-15-27(23)13-6-14-28/h1-5,7-12,15,20,25,28H,6,13-14H2/p+1/t20-/m0/s1. The van der Waals surface area contributed by atoms with Crippen LogP contribution in [0.15, 0.2) is 73.1 Å². The molecule has 144 valence electrons. The predicted octanol–water partition coefficient (Wildman–Crippen LogP) is 3.77. The lowest BCUT2D eigenvalue weighted by molar-refractivity contribution is -0.686. The normalized spacial score (nSPS) is 14.9. The first-order chi connectivity index (χ1) is 14.3. The van der Waals surface area contributed by atoms with Gasteiger partial charge in [0.05, 0.1) is 12.5 Å².